The van der Waals surface area contributed by atoms with E-state index in [1.807, 2.05) is 24.3 Å². The van der Waals surface area contributed by atoms with Crippen LogP contribution in [0.3, 0.4) is 0 Å². The third kappa shape index (κ3) is 3.94. The highest BCUT2D eigenvalue weighted by Crippen LogP contribution is 2.21. The van der Waals surface area contributed by atoms with Gasteiger partial charge in [0.1, 0.15) is 11.4 Å². The van der Waals surface area contributed by atoms with E-state index in [4.69, 9.17) is 4.98 Å². The molecule has 2 aromatic heterocycles. The second kappa shape index (κ2) is 8.14. The first-order chi connectivity index (χ1) is 12.6. The Morgan fingerprint density at radius 2 is 2.23 bits per heavy atom. The van der Waals surface area contributed by atoms with Crippen molar-refractivity contribution in [3.8, 4) is 11.8 Å². The maximum absolute atomic E-state index is 12.8. The number of nitrogens with zero attached hydrogens (tertiary/aromatic N) is 3. The van der Waals surface area contributed by atoms with Crippen LogP contribution in [0.4, 0.5) is 0 Å². The summed E-state index contributed by atoms with van der Waals surface area (Å²) in [6, 6.07) is 3.76. The van der Waals surface area contributed by atoms with Crippen LogP contribution >= 0.6 is 0 Å². The van der Waals surface area contributed by atoms with Crippen LogP contribution < -0.4 is 5.56 Å². The molecule has 0 fully saturated rings. The van der Waals surface area contributed by atoms with Crippen LogP contribution in [-0.4, -0.2) is 22.1 Å². The van der Waals surface area contributed by atoms with Gasteiger partial charge in [0.2, 0.25) is 0 Å². The number of aliphatic imine (C=N–C) groups is 1. The van der Waals surface area contributed by atoms with E-state index in [9.17, 15) is 4.79 Å². The zero-order chi connectivity index (χ0) is 18.5. The quantitative estimate of drug-likeness (QED) is 0.473. The third-order valence-corrected chi connectivity index (χ3v) is 4.86. The summed E-state index contributed by atoms with van der Waals surface area (Å²) in [6.07, 6.45) is 10.6. The SMILES string of the molecule is CC/C=C\C(C#Cc1ccn2c(=O)c3c(nc2c1)CCC(C)CC3)=NC. The van der Waals surface area contributed by atoms with Crippen LogP contribution in [0.25, 0.3) is 5.65 Å². The van der Waals surface area contributed by atoms with Gasteiger partial charge in [-0.2, -0.15) is 0 Å². The van der Waals surface area contributed by atoms with E-state index in [1.54, 1.807) is 17.6 Å². The van der Waals surface area contributed by atoms with Crippen molar-refractivity contribution in [2.45, 2.75) is 46.0 Å². The average Bonchev–Trinajstić information content (AvgIpc) is 2.84. The molecule has 0 amide bonds. The topological polar surface area (TPSA) is 46.7 Å². The minimum atomic E-state index is 0.0697. The number of aryl methyl sites for hydroxylation is 1. The van der Waals surface area contributed by atoms with Gasteiger partial charge in [-0.15, -0.1) is 0 Å². The van der Waals surface area contributed by atoms with Gasteiger partial charge in [-0.25, -0.2) is 4.98 Å². The molecule has 1 aliphatic carbocycles. The second-order valence-corrected chi connectivity index (χ2v) is 6.84. The van der Waals surface area contributed by atoms with Gasteiger partial charge in [-0.05, 0) is 62.2 Å². The van der Waals surface area contributed by atoms with Crippen molar-refractivity contribution in [1.82, 2.24) is 9.38 Å². The molecule has 4 heteroatoms. The minimum absolute atomic E-state index is 0.0697. The molecular weight excluding hydrogens is 322 g/mol. The van der Waals surface area contributed by atoms with Crippen LogP contribution in [0.1, 0.15) is 49.9 Å². The number of aromatic nitrogens is 2. The molecule has 2 aromatic rings. The molecule has 0 spiro atoms. The van der Waals surface area contributed by atoms with E-state index in [0.29, 0.717) is 11.6 Å². The summed E-state index contributed by atoms with van der Waals surface area (Å²) in [7, 11) is 1.74. The highest BCUT2D eigenvalue weighted by atomic mass is 16.1. The first-order valence-corrected chi connectivity index (χ1v) is 9.32. The van der Waals surface area contributed by atoms with Gasteiger partial charge >= 0.3 is 0 Å². The van der Waals surface area contributed by atoms with Crippen molar-refractivity contribution >= 4 is 11.4 Å². The fourth-order valence-corrected chi connectivity index (χ4v) is 3.21. The standard InChI is InChI=1S/C22H25N3O/c1-4-5-6-18(23-3)10-9-17-13-14-25-21(15-17)24-20-12-8-16(2)7-11-19(20)22(25)26/h5-6,13-16H,4,7-8,11-12H2,1-3H3/b6-5-,23-18?. The Kier molecular flexibility index (Phi) is 5.68. The Hall–Kier alpha value is -2.67. The monoisotopic (exact) mass is 347 g/mol. The molecule has 2 heterocycles. The van der Waals surface area contributed by atoms with E-state index in [-0.39, 0.29) is 5.56 Å². The maximum Gasteiger partial charge on any atom is 0.261 e. The Morgan fingerprint density at radius 3 is 3.00 bits per heavy atom. The smallest absolute Gasteiger partial charge is 0.261 e. The Labute approximate surface area is 154 Å². The lowest BCUT2D eigenvalue weighted by Crippen LogP contribution is -2.22. The maximum atomic E-state index is 12.8. The van der Waals surface area contributed by atoms with Crippen LogP contribution in [0, 0.1) is 17.8 Å². The fourth-order valence-electron chi connectivity index (χ4n) is 3.21. The normalized spacial score (nSPS) is 17.7. The number of hydrogen-bond donors (Lipinski definition) is 0. The fraction of sp³-hybridized carbons (Fsp3) is 0.409. The molecule has 0 aliphatic heterocycles. The number of fused-ring (bicyclic) bond motifs is 2. The largest absolute Gasteiger partial charge is 0.280 e. The van der Waals surface area contributed by atoms with Crippen molar-refractivity contribution in [2.24, 2.45) is 10.9 Å². The Morgan fingerprint density at radius 1 is 1.42 bits per heavy atom. The molecule has 0 aromatic carbocycles. The van der Waals surface area contributed by atoms with Gasteiger partial charge in [-0.3, -0.25) is 14.2 Å². The van der Waals surface area contributed by atoms with Gasteiger partial charge in [-0.1, -0.05) is 25.8 Å². The molecule has 0 saturated carbocycles. The van der Waals surface area contributed by atoms with E-state index in [1.165, 1.54) is 0 Å². The summed E-state index contributed by atoms with van der Waals surface area (Å²) >= 11 is 0. The lowest BCUT2D eigenvalue weighted by atomic mass is 10.0. The van der Waals surface area contributed by atoms with Gasteiger partial charge < -0.3 is 0 Å². The highest BCUT2D eigenvalue weighted by Gasteiger charge is 2.18. The van der Waals surface area contributed by atoms with E-state index >= 15 is 0 Å². The van der Waals surface area contributed by atoms with Crippen LogP contribution in [0.5, 0.6) is 0 Å². The molecule has 3 rings (SSSR count). The molecule has 134 valence electrons. The molecule has 0 N–H and O–H groups in total. The van der Waals surface area contributed by atoms with Gasteiger partial charge in [0.15, 0.2) is 0 Å². The van der Waals surface area contributed by atoms with Crippen molar-refractivity contribution in [3.05, 3.63) is 57.7 Å². The van der Waals surface area contributed by atoms with Crippen LogP contribution in [-0.2, 0) is 12.8 Å². The van der Waals surface area contributed by atoms with Crippen molar-refractivity contribution in [3.63, 3.8) is 0 Å². The Bertz CT molecular complexity index is 986. The van der Waals surface area contributed by atoms with Crippen molar-refractivity contribution in [2.75, 3.05) is 7.05 Å². The molecule has 0 radical (unpaired) electrons. The number of allylic oxidation sites excluding steroid dienone is 2. The molecule has 26 heavy (non-hydrogen) atoms. The van der Waals surface area contributed by atoms with Crippen LogP contribution in [0.2, 0.25) is 0 Å². The van der Waals surface area contributed by atoms with Gasteiger partial charge in [0.05, 0.1) is 5.69 Å². The molecule has 0 bridgehead atoms. The van der Waals surface area contributed by atoms with Gasteiger partial charge in [0.25, 0.3) is 5.56 Å². The average molecular weight is 347 g/mol. The number of rotatable bonds is 2. The first kappa shape index (κ1) is 18.1. The second-order valence-electron chi connectivity index (χ2n) is 6.84. The van der Waals surface area contributed by atoms with Gasteiger partial charge in [0, 0.05) is 24.4 Å². The summed E-state index contributed by atoms with van der Waals surface area (Å²) < 4.78 is 1.64. The molecule has 1 aliphatic rings. The zero-order valence-corrected chi connectivity index (χ0v) is 15.7. The predicted octanol–water partition coefficient (Wildman–Crippen LogP) is 3.60. The lowest BCUT2D eigenvalue weighted by molar-refractivity contribution is 0.508. The lowest BCUT2D eigenvalue weighted by Gasteiger charge is -2.08. The highest BCUT2D eigenvalue weighted by molar-refractivity contribution is 6.08. The third-order valence-electron chi connectivity index (χ3n) is 4.86. The van der Waals surface area contributed by atoms with E-state index in [0.717, 1.165) is 54.6 Å². The molecular formula is C22H25N3O. The van der Waals surface area contributed by atoms with E-state index < -0.39 is 0 Å². The van der Waals surface area contributed by atoms with Crippen molar-refractivity contribution < 1.29 is 0 Å². The number of pyridine rings is 1. The van der Waals surface area contributed by atoms with Crippen molar-refractivity contribution in [1.29, 1.82) is 0 Å². The molecule has 1 atom stereocenters. The molecule has 4 nitrogen and oxygen atoms in total. The predicted molar refractivity (Wildman–Crippen MR) is 107 cm³/mol. The summed E-state index contributed by atoms with van der Waals surface area (Å²) in [5, 5.41) is 0. The van der Waals surface area contributed by atoms with E-state index in [2.05, 4.69) is 30.7 Å². The molecule has 0 saturated heterocycles. The van der Waals surface area contributed by atoms with Crippen LogP contribution in [0.15, 0.2) is 40.3 Å². The molecule has 1 unspecified atom stereocenters. The number of hydrogen-bond acceptors (Lipinski definition) is 3. The summed E-state index contributed by atoms with van der Waals surface area (Å²) in [5.41, 5.74) is 4.18. The summed E-state index contributed by atoms with van der Waals surface area (Å²) in [5.74, 6) is 6.84. The first-order valence-electron chi connectivity index (χ1n) is 9.32. The Balaban J connectivity index is 2.00. The summed E-state index contributed by atoms with van der Waals surface area (Å²) in [4.78, 5) is 21.8. The zero-order valence-electron chi connectivity index (χ0n) is 15.7. The minimum Gasteiger partial charge on any atom is -0.280 e. The summed E-state index contributed by atoms with van der Waals surface area (Å²) in [6.45, 7) is 4.32.